The molecule has 4 aromatic rings. The van der Waals surface area contributed by atoms with Crippen molar-refractivity contribution in [2.24, 2.45) is 0 Å². The summed E-state index contributed by atoms with van der Waals surface area (Å²) in [7, 11) is 0. The molecule has 1 amide bonds. The van der Waals surface area contributed by atoms with E-state index in [2.05, 4.69) is 32.6 Å². The van der Waals surface area contributed by atoms with Crippen LogP contribution in [0.25, 0.3) is 22.0 Å². The molecule has 0 unspecified atom stereocenters. The topological polar surface area (TPSA) is 49.3 Å². The van der Waals surface area contributed by atoms with E-state index in [0.717, 1.165) is 54.1 Å². The maximum atomic E-state index is 13.3. The molecule has 0 N–H and O–H groups in total. The van der Waals surface area contributed by atoms with E-state index in [-0.39, 0.29) is 11.7 Å². The largest absolute Gasteiger partial charge is 0.339 e. The number of piperazine rings is 1. The number of thioether (sulfide) groups is 1. The maximum absolute atomic E-state index is 13.3. The zero-order valence-corrected chi connectivity index (χ0v) is 19.6. The minimum absolute atomic E-state index is 0.129. The molecule has 0 aliphatic carbocycles. The van der Waals surface area contributed by atoms with E-state index in [0.29, 0.717) is 11.4 Å². The van der Waals surface area contributed by atoms with Crippen molar-refractivity contribution in [3.63, 3.8) is 0 Å². The average molecular weight is 479 g/mol. The molecule has 0 spiro atoms. The Morgan fingerprint density at radius 1 is 0.939 bits per heavy atom. The molecule has 0 bridgehead atoms. The Morgan fingerprint density at radius 3 is 2.42 bits per heavy atom. The number of nitrogens with zero attached hydrogens (tertiary/aromatic N) is 4. The fraction of sp³-hybridized carbons (Fsp3) is 0.240. The third-order valence-corrected chi connectivity index (χ3v) is 7.62. The van der Waals surface area contributed by atoms with E-state index < -0.39 is 0 Å². The van der Waals surface area contributed by atoms with Crippen LogP contribution in [-0.2, 0) is 11.3 Å². The fourth-order valence-corrected chi connectivity index (χ4v) is 5.63. The van der Waals surface area contributed by atoms with Crippen LogP contribution in [0.2, 0.25) is 0 Å². The van der Waals surface area contributed by atoms with E-state index in [9.17, 15) is 9.18 Å². The lowest BCUT2D eigenvalue weighted by atomic mass is 10.1. The molecule has 3 heterocycles. The van der Waals surface area contributed by atoms with Crippen molar-refractivity contribution in [1.29, 1.82) is 0 Å². The van der Waals surface area contributed by atoms with Crippen LogP contribution in [0.5, 0.6) is 0 Å². The molecule has 1 aliphatic heterocycles. The second-order valence-corrected chi connectivity index (χ2v) is 9.93. The molecular formula is C25H23FN4OS2. The fourth-order valence-electron chi connectivity index (χ4n) is 4.01. The van der Waals surface area contributed by atoms with Gasteiger partial charge in [-0.05, 0) is 35.7 Å². The summed E-state index contributed by atoms with van der Waals surface area (Å²) in [5.41, 5.74) is 1.52. The van der Waals surface area contributed by atoms with Crippen LogP contribution in [0.3, 0.4) is 0 Å². The normalized spacial score (nSPS) is 14.6. The van der Waals surface area contributed by atoms with Gasteiger partial charge in [-0.15, -0.1) is 21.5 Å². The Kier molecular flexibility index (Phi) is 6.66. The summed E-state index contributed by atoms with van der Waals surface area (Å²) in [6, 6.07) is 18.4. The smallest absolute Gasteiger partial charge is 0.233 e. The lowest BCUT2D eigenvalue weighted by Gasteiger charge is -2.34. The molecule has 33 heavy (non-hydrogen) atoms. The van der Waals surface area contributed by atoms with Crippen molar-refractivity contribution in [3.8, 4) is 11.3 Å². The highest BCUT2D eigenvalue weighted by Gasteiger charge is 2.22. The van der Waals surface area contributed by atoms with Crippen molar-refractivity contribution in [3.05, 3.63) is 76.7 Å². The molecule has 168 valence electrons. The van der Waals surface area contributed by atoms with Crippen LogP contribution in [0.15, 0.2) is 71.1 Å². The van der Waals surface area contributed by atoms with Crippen molar-refractivity contribution < 1.29 is 9.18 Å². The van der Waals surface area contributed by atoms with E-state index in [4.69, 9.17) is 0 Å². The lowest BCUT2D eigenvalue weighted by molar-refractivity contribution is -0.130. The number of hydrogen-bond donors (Lipinski definition) is 0. The van der Waals surface area contributed by atoms with Gasteiger partial charge < -0.3 is 4.90 Å². The van der Waals surface area contributed by atoms with Gasteiger partial charge >= 0.3 is 0 Å². The average Bonchev–Trinajstić information content (AvgIpc) is 3.36. The minimum Gasteiger partial charge on any atom is -0.339 e. The van der Waals surface area contributed by atoms with Crippen molar-refractivity contribution >= 4 is 39.8 Å². The number of thiophene rings is 1. The highest BCUT2D eigenvalue weighted by atomic mass is 32.2. The number of rotatable bonds is 6. The summed E-state index contributed by atoms with van der Waals surface area (Å²) in [6.07, 6.45) is 0. The molecule has 0 saturated carbocycles. The van der Waals surface area contributed by atoms with Gasteiger partial charge in [0.2, 0.25) is 5.91 Å². The molecule has 0 radical (unpaired) electrons. The van der Waals surface area contributed by atoms with E-state index in [1.165, 1.54) is 28.8 Å². The molecule has 8 heteroatoms. The summed E-state index contributed by atoms with van der Waals surface area (Å²) in [5.74, 6) is 0.179. The monoisotopic (exact) mass is 478 g/mol. The Labute approximate surface area is 200 Å². The maximum Gasteiger partial charge on any atom is 0.233 e. The minimum atomic E-state index is -0.283. The predicted octanol–water partition coefficient (Wildman–Crippen LogP) is 4.93. The van der Waals surface area contributed by atoms with Gasteiger partial charge in [-0.1, -0.05) is 42.1 Å². The summed E-state index contributed by atoms with van der Waals surface area (Å²) < 4.78 is 13.3. The van der Waals surface area contributed by atoms with Gasteiger partial charge in [-0.2, -0.15) is 0 Å². The number of amides is 1. The Balaban J connectivity index is 1.24. The van der Waals surface area contributed by atoms with Crippen molar-refractivity contribution in [1.82, 2.24) is 20.0 Å². The van der Waals surface area contributed by atoms with Gasteiger partial charge in [0.05, 0.1) is 5.75 Å². The molecule has 5 nitrogen and oxygen atoms in total. The summed E-state index contributed by atoms with van der Waals surface area (Å²) in [6.45, 7) is 4.24. The third-order valence-electron chi connectivity index (χ3n) is 5.79. The van der Waals surface area contributed by atoms with Crippen molar-refractivity contribution in [2.45, 2.75) is 11.6 Å². The van der Waals surface area contributed by atoms with Crippen LogP contribution in [0, 0.1) is 5.82 Å². The molecule has 1 aliphatic rings. The standard InChI is InChI=1S/C25H23FN4OS2/c26-19-9-7-18(8-10-19)24-21-5-1-2-6-22(21)25(28-27-24)33-17-23(31)30-13-11-29(12-14-30)16-20-4-3-15-32-20/h1-10,15H,11-14,16-17H2. The molecule has 1 fully saturated rings. The second-order valence-electron chi connectivity index (χ2n) is 7.93. The first-order valence-electron chi connectivity index (χ1n) is 10.8. The van der Waals surface area contributed by atoms with Crippen LogP contribution in [0.1, 0.15) is 4.88 Å². The first kappa shape index (κ1) is 22.0. The number of halogens is 1. The number of aromatic nitrogens is 2. The lowest BCUT2D eigenvalue weighted by Crippen LogP contribution is -2.48. The second kappa shape index (κ2) is 9.99. The van der Waals surface area contributed by atoms with E-state index in [1.807, 2.05) is 29.2 Å². The molecular weight excluding hydrogens is 455 g/mol. The number of hydrogen-bond acceptors (Lipinski definition) is 6. The molecule has 0 atom stereocenters. The summed E-state index contributed by atoms with van der Waals surface area (Å²) in [5, 5.41) is 13.6. The van der Waals surface area contributed by atoms with Crippen molar-refractivity contribution in [2.75, 3.05) is 31.9 Å². The van der Waals surface area contributed by atoms with Crippen LogP contribution in [0.4, 0.5) is 4.39 Å². The Morgan fingerprint density at radius 2 is 1.70 bits per heavy atom. The van der Waals surface area contributed by atoms with Crippen LogP contribution < -0.4 is 0 Å². The third kappa shape index (κ3) is 5.08. The zero-order chi connectivity index (χ0) is 22.6. The highest BCUT2D eigenvalue weighted by molar-refractivity contribution is 8.00. The highest BCUT2D eigenvalue weighted by Crippen LogP contribution is 2.32. The number of carbonyl (C=O) groups is 1. The van der Waals surface area contributed by atoms with Gasteiger partial charge in [0.15, 0.2) is 0 Å². The van der Waals surface area contributed by atoms with E-state index in [1.54, 1.807) is 23.5 Å². The van der Waals surface area contributed by atoms with Gasteiger partial charge in [-0.3, -0.25) is 9.69 Å². The Bertz CT molecular complexity index is 1240. The predicted molar refractivity (Wildman–Crippen MR) is 132 cm³/mol. The molecule has 2 aromatic heterocycles. The first-order chi connectivity index (χ1) is 16.2. The van der Waals surface area contributed by atoms with Gasteiger partial charge in [0.1, 0.15) is 16.5 Å². The van der Waals surface area contributed by atoms with Gasteiger partial charge in [0.25, 0.3) is 0 Å². The Hall–Kier alpha value is -2.81. The number of fused-ring (bicyclic) bond motifs is 1. The quantitative estimate of drug-likeness (QED) is 0.368. The first-order valence-corrected chi connectivity index (χ1v) is 12.7. The molecule has 5 rings (SSSR count). The molecule has 1 saturated heterocycles. The van der Waals surface area contributed by atoms with Gasteiger partial charge in [0, 0.05) is 53.9 Å². The SMILES string of the molecule is O=C(CSc1nnc(-c2ccc(F)cc2)c2ccccc12)N1CCN(Cc2cccs2)CC1. The summed E-state index contributed by atoms with van der Waals surface area (Å²) in [4.78, 5) is 18.6. The zero-order valence-electron chi connectivity index (χ0n) is 18.0. The van der Waals surface area contributed by atoms with Crippen LogP contribution in [-0.4, -0.2) is 57.8 Å². The number of benzene rings is 2. The summed E-state index contributed by atoms with van der Waals surface area (Å²) >= 11 is 3.20. The van der Waals surface area contributed by atoms with E-state index >= 15 is 0 Å². The van der Waals surface area contributed by atoms with Crippen LogP contribution >= 0.6 is 23.1 Å². The van der Waals surface area contributed by atoms with Gasteiger partial charge in [-0.25, -0.2) is 4.39 Å². The molecule has 2 aromatic carbocycles. The number of carbonyl (C=O) groups excluding carboxylic acids is 1.